The van der Waals surface area contributed by atoms with Crippen LogP contribution in [0.3, 0.4) is 0 Å². The molecule has 7 aromatic rings. The fraction of sp³-hybridized carbons (Fsp3) is 0.328. The van der Waals surface area contributed by atoms with E-state index in [2.05, 4.69) is 87.4 Å². The number of nitrogens with zero attached hydrogens (tertiary/aromatic N) is 4. The van der Waals surface area contributed by atoms with Crippen molar-refractivity contribution in [3.63, 3.8) is 0 Å². The molecule has 0 radical (unpaired) electrons. The van der Waals surface area contributed by atoms with Crippen molar-refractivity contribution in [2.24, 2.45) is 0 Å². The van der Waals surface area contributed by atoms with Gasteiger partial charge in [0, 0.05) is 19.0 Å². The number of rotatable bonds is 11. The third-order valence-electron chi connectivity index (χ3n) is 15.1. The maximum absolute atomic E-state index is 14.2. The molecule has 0 unspecified atom stereocenters. The first kappa shape index (κ1) is 45.2. The zero-order chi connectivity index (χ0) is 47.7. The lowest BCUT2D eigenvalue weighted by Gasteiger charge is -2.28. The Bertz CT molecular complexity index is 3140. The van der Waals surface area contributed by atoms with Crippen molar-refractivity contribution >= 4 is 40.0 Å². The number of imidazole rings is 2. The first-order valence-corrected chi connectivity index (χ1v) is 25.1. The minimum Gasteiger partial charge on any atom is -0.453 e. The van der Waals surface area contributed by atoms with Crippen molar-refractivity contribution in [1.29, 1.82) is 0 Å². The molecule has 0 spiro atoms. The van der Waals surface area contributed by atoms with Gasteiger partial charge >= 0.3 is 6.09 Å². The van der Waals surface area contributed by atoms with Gasteiger partial charge in [-0.15, -0.1) is 0 Å². The van der Waals surface area contributed by atoms with Gasteiger partial charge in [-0.25, -0.2) is 14.8 Å². The van der Waals surface area contributed by atoms with E-state index >= 15 is 0 Å². The van der Waals surface area contributed by atoms with Crippen LogP contribution in [0.15, 0.2) is 139 Å². The number of hydrogen-bond donors (Lipinski definition) is 4. The van der Waals surface area contributed by atoms with Gasteiger partial charge in [-0.3, -0.25) is 9.59 Å². The van der Waals surface area contributed by atoms with Crippen LogP contribution in [0.1, 0.15) is 121 Å². The number of fused-ring (bicyclic) bond motifs is 2. The molecule has 2 aliphatic heterocycles. The van der Waals surface area contributed by atoms with E-state index in [0.29, 0.717) is 25.2 Å². The summed E-state index contributed by atoms with van der Waals surface area (Å²) in [6.45, 7) is 4.03. The molecular formula is C58H60N8O4. The predicted octanol–water partition coefficient (Wildman–Crippen LogP) is 10.8. The second-order valence-electron chi connectivity index (χ2n) is 19.3. The quantitative estimate of drug-likeness (QED) is 0.101. The van der Waals surface area contributed by atoms with E-state index in [-0.39, 0.29) is 29.8 Å². The molecule has 2 fully saturated rings. The number of aromatic amines is 2. The molecule has 7 aliphatic rings. The van der Waals surface area contributed by atoms with Crippen molar-refractivity contribution < 1.29 is 19.1 Å². The first-order chi connectivity index (χ1) is 34.3. The van der Waals surface area contributed by atoms with Crippen LogP contribution in [0.5, 0.6) is 0 Å². The Balaban J connectivity index is 0.808. The third kappa shape index (κ3) is 8.92. The number of aromatic nitrogens is 4. The summed E-state index contributed by atoms with van der Waals surface area (Å²) >= 11 is 0. The number of carbonyl (C=O) groups excluding carboxylic acids is 3. The fourth-order valence-corrected chi connectivity index (χ4v) is 11.5. The molecule has 3 amide bonds. The summed E-state index contributed by atoms with van der Waals surface area (Å²) in [5.41, 5.74) is 14.6. The Kier molecular flexibility index (Phi) is 12.6. The molecule has 356 valence electrons. The molecule has 12 heteroatoms. The van der Waals surface area contributed by atoms with Crippen LogP contribution in [0.4, 0.5) is 4.79 Å². The lowest BCUT2D eigenvalue weighted by molar-refractivity contribution is -0.135. The Labute approximate surface area is 408 Å². The maximum atomic E-state index is 14.2. The van der Waals surface area contributed by atoms with Crippen molar-refractivity contribution in [3.05, 3.63) is 178 Å². The molecule has 4 bridgehead atoms. The van der Waals surface area contributed by atoms with Gasteiger partial charge in [0.2, 0.25) is 5.91 Å². The minimum absolute atomic E-state index is 0.0959. The molecule has 2 saturated heterocycles. The largest absolute Gasteiger partial charge is 0.453 e. The third-order valence-corrected chi connectivity index (χ3v) is 15.1. The van der Waals surface area contributed by atoms with Gasteiger partial charge < -0.3 is 35.1 Å². The molecule has 2 aromatic heterocycles. The number of aryl methyl sites for hydroxylation is 2. The number of likely N-dealkylation sites (tertiary alicyclic amines) is 2. The number of benzene rings is 5. The van der Waals surface area contributed by atoms with E-state index in [9.17, 15) is 14.4 Å². The summed E-state index contributed by atoms with van der Waals surface area (Å²) in [5.74, 6) is 1.78. The van der Waals surface area contributed by atoms with E-state index in [1.54, 1.807) is 0 Å². The van der Waals surface area contributed by atoms with E-state index in [1.165, 1.54) is 40.5 Å². The Morgan fingerprint density at radius 3 is 2.01 bits per heavy atom. The molecule has 5 atom stereocenters. The summed E-state index contributed by atoms with van der Waals surface area (Å²) in [6.07, 6.45) is 12.2. The van der Waals surface area contributed by atoms with Crippen LogP contribution < -0.4 is 10.6 Å². The number of hydrogen-bond acceptors (Lipinski definition) is 7. The SMILES string of the molecule is CCN[C@H](C(=O)N1CCC[C@H]1c1nc2cc(-c3cc4ccc3CCC3=CC=C(CC4)[C@H](c4ccc5[nH]c([C@@H]6CCCN6C(=O)[C@@H](NC(=O)OC)c6ccccc6)nc5c4)C3)ccc2[nH]1)c1ccccc1. The van der Waals surface area contributed by atoms with E-state index < -0.39 is 18.2 Å². The van der Waals surface area contributed by atoms with Gasteiger partial charge in [0.1, 0.15) is 23.7 Å². The highest BCUT2D eigenvalue weighted by molar-refractivity contribution is 5.88. The van der Waals surface area contributed by atoms with Gasteiger partial charge in [0.15, 0.2) is 0 Å². The van der Waals surface area contributed by atoms with Crippen LogP contribution in [-0.2, 0) is 27.2 Å². The number of methoxy groups -OCH3 is 1. The van der Waals surface area contributed by atoms with Crippen molar-refractivity contribution in [3.8, 4) is 11.1 Å². The second kappa shape index (κ2) is 19.6. The zero-order valence-electron chi connectivity index (χ0n) is 39.9. The van der Waals surface area contributed by atoms with Crippen molar-refractivity contribution in [1.82, 2.24) is 40.4 Å². The Morgan fingerprint density at radius 2 is 1.34 bits per heavy atom. The highest BCUT2D eigenvalue weighted by Crippen LogP contribution is 2.42. The summed E-state index contributed by atoms with van der Waals surface area (Å²) in [4.78, 5) is 62.1. The lowest BCUT2D eigenvalue weighted by atomic mass is 9.77. The standard InChI is InChI=1S/C58H60N8O4/c1-3-59-52(40-12-6-4-7-13-40)56(67)65-30-10-16-50(65)54-60-46-28-26-42(34-48(46)62-54)44-32-36-18-22-38(44)23-19-37-21-25-39(24-20-36)45(33-37)43-27-29-47-49(35-43)63-55(61-47)51-17-11-31-66(51)57(68)53(64-58(69)70-2)41-14-8-5-9-15-41/h4-9,12-15,18,21-22,25-29,32,34-35,45,50-53,59H,3,10-11,16-17,19-20,23-24,30-31,33H2,1-2H3,(H,60,62)(H,61,63)(H,64,69)/t45-,50+,51+,52+,53+/m1/s1. The van der Waals surface area contributed by atoms with Crippen molar-refractivity contribution in [2.75, 3.05) is 26.7 Å². The Morgan fingerprint density at radius 1 is 0.700 bits per heavy atom. The number of nitrogens with one attached hydrogen (secondary N) is 4. The van der Waals surface area contributed by atoms with Crippen LogP contribution in [-0.4, -0.2) is 74.4 Å². The normalized spacial score (nSPS) is 19.9. The van der Waals surface area contributed by atoms with E-state index in [0.717, 1.165) is 103 Å². The molecule has 70 heavy (non-hydrogen) atoms. The maximum Gasteiger partial charge on any atom is 0.407 e. The highest BCUT2D eigenvalue weighted by Gasteiger charge is 2.38. The summed E-state index contributed by atoms with van der Waals surface area (Å²) in [7, 11) is 1.31. The van der Waals surface area contributed by atoms with E-state index in [4.69, 9.17) is 14.7 Å². The van der Waals surface area contributed by atoms with Crippen LogP contribution in [0, 0.1) is 0 Å². The average Bonchev–Trinajstić information content (AvgIpc) is 4.24. The Hall–Kier alpha value is -7.31. The number of allylic oxidation sites excluding steroid dienone is 4. The average molecular weight is 933 g/mol. The van der Waals surface area contributed by atoms with Crippen molar-refractivity contribution in [2.45, 2.75) is 94.8 Å². The van der Waals surface area contributed by atoms with E-state index in [1.807, 2.05) is 77.4 Å². The van der Waals surface area contributed by atoms with Gasteiger partial charge in [0.05, 0.1) is 41.3 Å². The van der Waals surface area contributed by atoms with Crippen LogP contribution >= 0.6 is 0 Å². The molecule has 0 saturated carbocycles. The molecular weight excluding hydrogens is 873 g/mol. The van der Waals surface area contributed by atoms with Gasteiger partial charge in [-0.2, -0.15) is 0 Å². The molecule has 12 nitrogen and oxygen atoms in total. The number of amides is 3. The van der Waals surface area contributed by atoms with Gasteiger partial charge in [-0.1, -0.05) is 121 Å². The smallest absolute Gasteiger partial charge is 0.407 e. The summed E-state index contributed by atoms with van der Waals surface area (Å²) in [5, 5.41) is 6.21. The van der Waals surface area contributed by atoms with Crippen LogP contribution in [0.2, 0.25) is 0 Å². The number of alkyl carbamates (subject to hydrolysis) is 1. The lowest BCUT2D eigenvalue weighted by Crippen LogP contribution is -2.42. The summed E-state index contributed by atoms with van der Waals surface area (Å²) < 4.78 is 4.90. The highest BCUT2D eigenvalue weighted by atomic mass is 16.5. The zero-order valence-corrected chi connectivity index (χ0v) is 39.9. The predicted molar refractivity (Wildman–Crippen MR) is 273 cm³/mol. The number of carbonyl (C=O) groups is 3. The van der Waals surface area contributed by atoms with Gasteiger partial charge in [-0.05, 0) is 128 Å². The van der Waals surface area contributed by atoms with Gasteiger partial charge in [0.25, 0.3) is 5.91 Å². The van der Waals surface area contributed by atoms with Crippen LogP contribution in [0.25, 0.3) is 33.2 Å². The fourth-order valence-electron chi connectivity index (χ4n) is 11.5. The molecule has 5 aromatic carbocycles. The topological polar surface area (TPSA) is 148 Å². The minimum atomic E-state index is -0.871. The number of ether oxygens (including phenoxy) is 1. The number of H-pyrrole nitrogens is 2. The molecule has 4 N–H and O–H groups in total. The first-order valence-electron chi connectivity index (χ1n) is 25.1. The summed E-state index contributed by atoms with van der Waals surface area (Å²) in [6, 6.07) is 38.0. The molecule has 4 heterocycles. The monoisotopic (exact) mass is 932 g/mol. The molecule has 14 rings (SSSR count). The molecule has 5 aliphatic carbocycles. The second-order valence-corrected chi connectivity index (χ2v) is 19.3. The number of likely N-dealkylation sites (N-methyl/N-ethyl adjacent to an activating group) is 1.